The Morgan fingerprint density at radius 3 is 2.67 bits per heavy atom. The fourth-order valence-electron chi connectivity index (χ4n) is 2.46. The van der Waals surface area contributed by atoms with E-state index in [-0.39, 0.29) is 0 Å². The Morgan fingerprint density at radius 2 is 2.00 bits per heavy atom. The van der Waals surface area contributed by atoms with E-state index in [0.29, 0.717) is 6.04 Å². The Morgan fingerprint density at radius 1 is 1.28 bits per heavy atom. The molecule has 2 atom stereocenters. The van der Waals surface area contributed by atoms with Crippen LogP contribution >= 0.6 is 35.0 Å². The second-order valence-electron chi connectivity index (χ2n) is 4.67. The van der Waals surface area contributed by atoms with Crippen LogP contribution in [0, 0.1) is 0 Å². The maximum absolute atomic E-state index is 6.16. The van der Waals surface area contributed by atoms with Crippen LogP contribution in [0.4, 0.5) is 0 Å². The molecule has 0 amide bonds. The number of nitrogens with one attached hydrogen (secondary N) is 1. The predicted molar refractivity (Wildman–Crippen MR) is 82.9 cm³/mol. The maximum Gasteiger partial charge on any atom is 0.0465 e. The van der Waals surface area contributed by atoms with Crippen molar-refractivity contribution >= 4 is 35.0 Å². The Kier molecular flexibility index (Phi) is 5.68. The molecule has 0 heterocycles. The summed E-state index contributed by atoms with van der Waals surface area (Å²) in [7, 11) is 0. The smallest absolute Gasteiger partial charge is 0.0465 e. The average Bonchev–Trinajstić information content (AvgIpc) is 2.77. The summed E-state index contributed by atoms with van der Waals surface area (Å²) in [6.45, 7) is 3.00. The molecular formula is C14H19Cl2NS. The predicted octanol–water partition coefficient (Wildman–Crippen LogP) is 4.76. The van der Waals surface area contributed by atoms with Gasteiger partial charge in [-0.1, -0.05) is 36.2 Å². The molecule has 0 spiro atoms. The zero-order valence-electron chi connectivity index (χ0n) is 10.6. The molecule has 1 fully saturated rings. The normalized spacial score (nSPS) is 23.5. The van der Waals surface area contributed by atoms with Crippen LogP contribution in [0.25, 0.3) is 0 Å². The molecule has 4 heteroatoms. The first kappa shape index (κ1) is 14.5. The quantitative estimate of drug-likeness (QED) is 0.842. The van der Waals surface area contributed by atoms with E-state index in [1.165, 1.54) is 25.0 Å². The lowest BCUT2D eigenvalue weighted by Crippen LogP contribution is -2.26. The van der Waals surface area contributed by atoms with Crippen LogP contribution in [0.2, 0.25) is 10.0 Å². The third kappa shape index (κ3) is 3.80. The standard InChI is InChI=1S/C14H19Cl2NS/c1-2-18-11-7-6-10(8-11)17-9-12-13(15)4-3-5-14(12)16/h3-5,10-11,17H,2,6-9H2,1H3. The van der Waals surface area contributed by atoms with E-state index in [0.717, 1.165) is 27.4 Å². The molecule has 18 heavy (non-hydrogen) atoms. The van der Waals surface area contributed by atoms with Crippen molar-refractivity contribution in [1.29, 1.82) is 0 Å². The van der Waals surface area contributed by atoms with Crippen LogP contribution in [0.5, 0.6) is 0 Å². The van der Waals surface area contributed by atoms with E-state index in [2.05, 4.69) is 24.0 Å². The number of hydrogen-bond acceptors (Lipinski definition) is 2. The average molecular weight is 304 g/mol. The highest BCUT2D eigenvalue weighted by Crippen LogP contribution is 2.30. The summed E-state index contributed by atoms with van der Waals surface area (Å²) in [6.07, 6.45) is 3.85. The second kappa shape index (κ2) is 7.04. The van der Waals surface area contributed by atoms with Crippen LogP contribution in [0.15, 0.2) is 18.2 Å². The van der Waals surface area contributed by atoms with Gasteiger partial charge in [0, 0.05) is 33.4 Å². The molecule has 1 saturated carbocycles. The first-order valence-corrected chi connectivity index (χ1v) is 8.29. The summed E-state index contributed by atoms with van der Waals surface area (Å²) in [5.41, 5.74) is 1.02. The van der Waals surface area contributed by atoms with Gasteiger partial charge in [0.2, 0.25) is 0 Å². The third-order valence-corrected chi connectivity index (χ3v) is 5.36. The van der Waals surface area contributed by atoms with Gasteiger partial charge in [0.25, 0.3) is 0 Å². The van der Waals surface area contributed by atoms with Crippen LogP contribution in [-0.4, -0.2) is 17.0 Å². The monoisotopic (exact) mass is 303 g/mol. The van der Waals surface area contributed by atoms with Gasteiger partial charge in [-0.2, -0.15) is 11.8 Å². The summed E-state index contributed by atoms with van der Waals surface area (Å²) < 4.78 is 0. The molecule has 1 N–H and O–H groups in total. The third-order valence-electron chi connectivity index (χ3n) is 3.42. The van der Waals surface area contributed by atoms with E-state index in [1.807, 2.05) is 18.2 Å². The van der Waals surface area contributed by atoms with Crippen molar-refractivity contribution in [2.45, 2.75) is 44.0 Å². The van der Waals surface area contributed by atoms with Crippen LogP contribution < -0.4 is 5.32 Å². The molecular weight excluding hydrogens is 285 g/mol. The SMILES string of the molecule is CCSC1CCC(NCc2c(Cl)cccc2Cl)C1. The molecule has 1 aromatic rings. The van der Waals surface area contributed by atoms with E-state index >= 15 is 0 Å². The largest absolute Gasteiger partial charge is 0.310 e. The van der Waals surface area contributed by atoms with Gasteiger partial charge in [0.05, 0.1) is 0 Å². The molecule has 100 valence electrons. The van der Waals surface area contributed by atoms with Crippen molar-refractivity contribution < 1.29 is 0 Å². The summed E-state index contributed by atoms with van der Waals surface area (Å²) in [5.74, 6) is 1.22. The van der Waals surface area contributed by atoms with E-state index in [1.54, 1.807) is 0 Å². The first-order chi connectivity index (χ1) is 8.70. The summed E-state index contributed by atoms with van der Waals surface area (Å²) in [6, 6.07) is 6.29. The van der Waals surface area contributed by atoms with Gasteiger partial charge >= 0.3 is 0 Å². The lowest BCUT2D eigenvalue weighted by molar-refractivity contribution is 0.525. The minimum Gasteiger partial charge on any atom is -0.310 e. The first-order valence-electron chi connectivity index (χ1n) is 6.48. The lowest BCUT2D eigenvalue weighted by Gasteiger charge is -2.14. The summed E-state index contributed by atoms with van der Waals surface area (Å²) in [5, 5.41) is 5.93. The zero-order valence-corrected chi connectivity index (χ0v) is 12.9. The highest BCUT2D eigenvalue weighted by Gasteiger charge is 2.24. The maximum atomic E-state index is 6.16. The van der Waals surface area contributed by atoms with Gasteiger partial charge in [-0.3, -0.25) is 0 Å². The van der Waals surface area contributed by atoms with E-state index in [9.17, 15) is 0 Å². The van der Waals surface area contributed by atoms with Crippen LogP contribution in [-0.2, 0) is 6.54 Å². The number of benzene rings is 1. The fraction of sp³-hybridized carbons (Fsp3) is 0.571. The number of rotatable bonds is 5. The minimum atomic E-state index is 0.612. The molecule has 0 radical (unpaired) electrons. The molecule has 0 bridgehead atoms. The van der Waals surface area contributed by atoms with Crippen LogP contribution in [0.1, 0.15) is 31.7 Å². The Hall–Kier alpha value is 0.110. The molecule has 1 nitrogen and oxygen atoms in total. The molecule has 2 rings (SSSR count). The van der Waals surface area contributed by atoms with Crippen molar-refractivity contribution in [3.05, 3.63) is 33.8 Å². The highest BCUT2D eigenvalue weighted by atomic mass is 35.5. The van der Waals surface area contributed by atoms with Gasteiger partial charge in [0.15, 0.2) is 0 Å². The van der Waals surface area contributed by atoms with Gasteiger partial charge in [-0.25, -0.2) is 0 Å². The van der Waals surface area contributed by atoms with Crippen molar-refractivity contribution in [3.63, 3.8) is 0 Å². The highest BCUT2D eigenvalue weighted by molar-refractivity contribution is 7.99. The molecule has 1 aliphatic rings. The number of halogens is 2. The fourth-order valence-corrected chi connectivity index (χ4v) is 4.13. The Balaban J connectivity index is 1.85. The molecule has 0 aliphatic heterocycles. The molecule has 2 unspecified atom stereocenters. The zero-order chi connectivity index (χ0) is 13.0. The molecule has 0 saturated heterocycles. The Bertz CT molecular complexity index is 377. The van der Waals surface area contributed by atoms with Gasteiger partial charge in [-0.05, 0) is 37.1 Å². The van der Waals surface area contributed by atoms with Gasteiger partial charge < -0.3 is 5.32 Å². The molecule has 1 aromatic carbocycles. The van der Waals surface area contributed by atoms with Crippen molar-refractivity contribution in [2.24, 2.45) is 0 Å². The van der Waals surface area contributed by atoms with Crippen LogP contribution in [0.3, 0.4) is 0 Å². The molecule has 1 aliphatic carbocycles. The second-order valence-corrected chi connectivity index (χ2v) is 7.06. The Labute approximate surface area is 124 Å². The van der Waals surface area contributed by atoms with Gasteiger partial charge in [0.1, 0.15) is 0 Å². The van der Waals surface area contributed by atoms with Crippen molar-refractivity contribution in [3.8, 4) is 0 Å². The van der Waals surface area contributed by atoms with E-state index < -0.39 is 0 Å². The van der Waals surface area contributed by atoms with Crippen molar-refractivity contribution in [1.82, 2.24) is 5.32 Å². The van der Waals surface area contributed by atoms with Gasteiger partial charge in [-0.15, -0.1) is 0 Å². The minimum absolute atomic E-state index is 0.612. The summed E-state index contributed by atoms with van der Waals surface area (Å²) in [4.78, 5) is 0. The van der Waals surface area contributed by atoms with E-state index in [4.69, 9.17) is 23.2 Å². The van der Waals surface area contributed by atoms with Crippen molar-refractivity contribution in [2.75, 3.05) is 5.75 Å². The number of hydrogen-bond donors (Lipinski definition) is 1. The molecule has 0 aromatic heterocycles. The topological polar surface area (TPSA) is 12.0 Å². The number of thioether (sulfide) groups is 1. The summed E-state index contributed by atoms with van der Waals surface area (Å²) >= 11 is 14.4. The lowest BCUT2D eigenvalue weighted by atomic mass is 10.2.